The van der Waals surface area contributed by atoms with Crippen molar-refractivity contribution in [2.24, 2.45) is 0 Å². The lowest BCUT2D eigenvalue weighted by Gasteiger charge is -2.28. The molecule has 2 rings (SSSR count). The Kier molecular flexibility index (Phi) is 6.62. The quantitative estimate of drug-likeness (QED) is 0.590. The summed E-state index contributed by atoms with van der Waals surface area (Å²) in [5.41, 5.74) is 2.67. The van der Waals surface area contributed by atoms with E-state index in [0.29, 0.717) is 6.42 Å². The maximum Gasteiger partial charge on any atom is 0.146 e. The molecule has 3 heteroatoms. The van der Waals surface area contributed by atoms with E-state index >= 15 is 0 Å². The second-order valence-electron chi connectivity index (χ2n) is 5.48. The molecule has 1 N–H and O–H groups in total. The van der Waals surface area contributed by atoms with Crippen molar-refractivity contribution >= 4 is 17.8 Å². The second kappa shape index (κ2) is 8.70. The number of allylic oxidation sites excluding steroid dienone is 1. The number of benzene rings is 2. The number of rotatable bonds is 8. The Morgan fingerprint density at radius 1 is 1.00 bits per heavy atom. The molecule has 0 saturated carbocycles. The average Bonchev–Trinajstić information content (AvgIpc) is 2.62. The molecule has 1 atom stereocenters. The first-order valence-corrected chi connectivity index (χ1v) is 9.67. The van der Waals surface area contributed by atoms with Crippen LogP contribution in [0.3, 0.4) is 0 Å². The third-order valence-corrected chi connectivity index (χ3v) is 7.72. The van der Waals surface area contributed by atoms with Crippen LogP contribution >= 0.6 is 7.14 Å². The van der Waals surface area contributed by atoms with Gasteiger partial charge in [-0.2, -0.15) is 0 Å². The topological polar surface area (TPSA) is 37.3 Å². The van der Waals surface area contributed by atoms with Crippen molar-refractivity contribution in [3.05, 3.63) is 79.0 Å². The van der Waals surface area contributed by atoms with Gasteiger partial charge in [0.25, 0.3) is 0 Å². The largest absolute Gasteiger partial charge is 0.396 e. The van der Waals surface area contributed by atoms with Crippen LogP contribution in [-0.2, 0) is 4.57 Å². The summed E-state index contributed by atoms with van der Waals surface area (Å²) in [6.07, 6.45) is 3.89. The van der Waals surface area contributed by atoms with Crippen LogP contribution in [0.25, 0.3) is 0 Å². The van der Waals surface area contributed by atoms with E-state index in [4.69, 9.17) is 0 Å². The Labute approximate surface area is 138 Å². The Morgan fingerprint density at radius 2 is 1.52 bits per heavy atom. The molecular formula is C20H23O2P. The number of hydrogen-bond acceptors (Lipinski definition) is 2. The summed E-state index contributed by atoms with van der Waals surface area (Å²) < 4.78 is 14.1. The van der Waals surface area contributed by atoms with Gasteiger partial charge in [-0.05, 0) is 25.3 Å². The summed E-state index contributed by atoms with van der Waals surface area (Å²) >= 11 is 0. The molecule has 2 aromatic rings. The number of aliphatic hydroxyl groups is 1. The predicted molar refractivity (Wildman–Crippen MR) is 98.2 cm³/mol. The van der Waals surface area contributed by atoms with Crippen molar-refractivity contribution in [2.45, 2.75) is 24.9 Å². The minimum atomic E-state index is -2.82. The fourth-order valence-electron chi connectivity index (χ4n) is 2.90. The Balaban J connectivity index is 2.51. The van der Waals surface area contributed by atoms with E-state index < -0.39 is 7.14 Å². The van der Waals surface area contributed by atoms with Crippen LogP contribution in [0, 0.1) is 0 Å². The van der Waals surface area contributed by atoms with Gasteiger partial charge < -0.3 is 9.67 Å². The summed E-state index contributed by atoms with van der Waals surface area (Å²) in [7, 11) is -2.82. The zero-order chi connectivity index (χ0) is 16.5. The minimum absolute atomic E-state index is 0.0339. The third kappa shape index (κ3) is 4.12. The molecule has 0 amide bonds. The van der Waals surface area contributed by atoms with Gasteiger partial charge in [0, 0.05) is 22.9 Å². The van der Waals surface area contributed by atoms with Crippen molar-refractivity contribution in [3.8, 4) is 0 Å². The normalized spacial score (nSPS) is 12.4. The van der Waals surface area contributed by atoms with Gasteiger partial charge in [-0.3, -0.25) is 0 Å². The SMILES string of the molecule is C=C=CCCC(CCO)P(=O)(c1ccccc1)c1ccccc1. The van der Waals surface area contributed by atoms with Gasteiger partial charge in [0.1, 0.15) is 7.14 Å². The lowest BCUT2D eigenvalue weighted by molar-refractivity contribution is 0.284. The molecule has 2 nitrogen and oxygen atoms in total. The van der Waals surface area contributed by atoms with Crippen LogP contribution in [0.4, 0.5) is 0 Å². The fraction of sp³-hybridized carbons (Fsp3) is 0.250. The van der Waals surface area contributed by atoms with Crippen LogP contribution in [-0.4, -0.2) is 17.4 Å². The molecule has 0 bridgehead atoms. The van der Waals surface area contributed by atoms with Crippen molar-refractivity contribution in [1.29, 1.82) is 0 Å². The van der Waals surface area contributed by atoms with E-state index in [1.54, 1.807) is 0 Å². The van der Waals surface area contributed by atoms with Gasteiger partial charge >= 0.3 is 0 Å². The van der Waals surface area contributed by atoms with E-state index in [2.05, 4.69) is 12.3 Å². The lowest BCUT2D eigenvalue weighted by Crippen LogP contribution is -2.26. The Bertz CT molecular complexity index is 645. The molecule has 2 aromatic carbocycles. The standard InChI is InChI=1S/C20H23O2P/c1-2-3-6-11-20(16-17-21)23(22,18-12-7-4-8-13-18)19-14-9-5-10-15-19/h3-5,7-10,12-15,20-21H,1,6,11,16-17H2. The minimum Gasteiger partial charge on any atom is -0.396 e. The highest BCUT2D eigenvalue weighted by Crippen LogP contribution is 2.51. The molecule has 23 heavy (non-hydrogen) atoms. The zero-order valence-electron chi connectivity index (χ0n) is 13.3. The van der Waals surface area contributed by atoms with Gasteiger partial charge in [0.2, 0.25) is 0 Å². The molecule has 1 unspecified atom stereocenters. The molecule has 0 aromatic heterocycles. The van der Waals surface area contributed by atoms with Gasteiger partial charge in [-0.1, -0.05) is 67.2 Å². The molecule has 0 aliphatic rings. The molecule has 0 aliphatic heterocycles. The van der Waals surface area contributed by atoms with Crippen molar-refractivity contribution in [2.75, 3.05) is 6.61 Å². The smallest absolute Gasteiger partial charge is 0.146 e. The van der Waals surface area contributed by atoms with E-state index in [9.17, 15) is 9.67 Å². The maximum atomic E-state index is 14.1. The van der Waals surface area contributed by atoms with Crippen LogP contribution in [0.5, 0.6) is 0 Å². The highest BCUT2D eigenvalue weighted by molar-refractivity contribution is 7.79. The molecule has 0 saturated heterocycles. The maximum absolute atomic E-state index is 14.1. The summed E-state index contributed by atoms with van der Waals surface area (Å²) in [4.78, 5) is 0. The van der Waals surface area contributed by atoms with Gasteiger partial charge in [-0.15, -0.1) is 5.73 Å². The molecule has 0 spiro atoms. The van der Waals surface area contributed by atoms with Crippen LogP contribution in [0.2, 0.25) is 0 Å². The van der Waals surface area contributed by atoms with Crippen LogP contribution in [0.15, 0.2) is 79.0 Å². The van der Waals surface area contributed by atoms with E-state index in [-0.39, 0.29) is 12.3 Å². The Hall–Kier alpha value is -1.85. The van der Waals surface area contributed by atoms with Crippen molar-refractivity contribution in [1.82, 2.24) is 0 Å². The monoisotopic (exact) mass is 326 g/mol. The van der Waals surface area contributed by atoms with Crippen LogP contribution in [0.1, 0.15) is 19.3 Å². The summed E-state index contributed by atoms with van der Waals surface area (Å²) in [6, 6.07) is 19.3. The highest BCUT2D eigenvalue weighted by atomic mass is 31.2. The zero-order valence-corrected chi connectivity index (χ0v) is 14.2. The first-order valence-electron chi connectivity index (χ1n) is 7.89. The molecule has 0 radical (unpaired) electrons. The average molecular weight is 326 g/mol. The molecule has 120 valence electrons. The highest BCUT2D eigenvalue weighted by Gasteiger charge is 2.35. The molecule has 0 aliphatic carbocycles. The third-order valence-electron chi connectivity index (χ3n) is 4.04. The van der Waals surface area contributed by atoms with Gasteiger partial charge in [0.15, 0.2) is 0 Å². The van der Waals surface area contributed by atoms with E-state index in [1.165, 1.54) is 0 Å². The van der Waals surface area contributed by atoms with E-state index in [0.717, 1.165) is 23.5 Å². The van der Waals surface area contributed by atoms with Gasteiger partial charge in [-0.25, -0.2) is 0 Å². The predicted octanol–water partition coefficient (Wildman–Crippen LogP) is 3.87. The van der Waals surface area contributed by atoms with Crippen molar-refractivity contribution < 1.29 is 9.67 Å². The summed E-state index contributed by atoms with van der Waals surface area (Å²) in [6.45, 7) is 3.62. The number of aliphatic hydroxyl groups excluding tert-OH is 1. The summed E-state index contributed by atoms with van der Waals surface area (Å²) in [5.74, 6) is 0. The Morgan fingerprint density at radius 3 is 1.96 bits per heavy atom. The molecule has 0 heterocycles. The van der Waals surface area contributed by atoms with E-state index in [1.807, 2.05) is 66.7 Å². The van der Waals surface area contributed by atoms with Crippen LogP contribution < -0.4 is 10.6 Å². The van der Waals surface area contributed by atoms with Crippen molar-refractivity contribution in [3.63, 3.8) is 0 Å². The second-order valence-corrected chi connectivity index (χ2v) is 8.56. The van der Waals surface area contributed by atoms with Gasteiger partial charge in [0.05, 0.1) is 0 Å². The first kappa shape index (κ1) is 17.5. The first-order chi connectivity index (χ1) is 11.2. The lowest BCUT2D eigenvalue weighted by atomic mass is 10.2. The number of hydrogen-bond donors (Lipinski definition) is 1. The summed E-state index contributed by atoms with van der Waals surface area (Å²) in [5, 5.41) is 11.2. The molecular weight excluding hydrogens is 303 g/mol. The molecule has 0 fully saturated rings. The fourth-order valence-corrected chi connectivity index (χ4v) is 6.27.